The van der Waals surface area contributed by atoms with Gasteiger partial charge >= 0.3 is 0 Å². The van der Waals surface area contributed by atoms with Crippen molar-refractivity contribution in [2.45, 2.75) is 38.1 Å². The lowest BCUT2D eigenvalue weighted by Gasteiger charge is -2.42. The topological polar surface area (TPSA) is 109 Å². The lowest BCUT2D eigenvalue weighted by atomic mass is 9.83. The summed E-state index contributed by atoms with van der Waals surface area (Å²) in [4.78, 5) is 31.6. The van der Waals surface area contributed by atoms with Crippen LogP contribution in [-0.2, 0) is 17.8 Å². The molecule has 1 fully saturated rings. The Kier molecular flexibility index (Phi) is 6.67. The van der Waals surface area contributed by atoms with E-state index >= 15 is 0 Å². The van der Waals surface area contributed by atoms with Crippen LogP contribution in [0.15, 0.2) is 39.6 Å². The standard InChI is InChI=1S/C26H30N4O6/c1-33-20-11-17(12-21(34-2)25(20)35-3)26-27-22(36-28-26)7-5-8-23(31)29-13-16-10-18(15-29)19-6-4-9-24(32)30(19)14-16/h4,6,9,11-12,16,18H,5,7-8,10,13-15H2,1-3H3/t16-,18+/m0/s1. The van der Waals surface area contributed by atoms with Gasteiger partial charge in [-0.05, 0) is 37.0 Å². The fraction of sp³-hybridized carbons (Fsp3) is 0.462. The van der Waals surface area contributed by atoms with Gasteiger partial charge in [0.2, 0.25) is 23.4 Å². The third-order valence-electron chi connectivity index (χ3n) is 7.00. The molecule has 0 spiro atoms. The van der Waals surface area contributed by atoms with E-state index in [9.17, 15) is 9.59 Å². The van der Waals surface area contributed by atoms with Gasteiger partial charge in [-0.15, -0.1) is 0 Å². The average molecular weight is 495 g/mol. The SMILES string of the molecule is COc1cc(-c2noc(CCCC(=O)N3C[C@@H]4C[C@H](C3)c3cccc(=O)n3C4)n2)cc(OC)c1OC. The number of amides is 1. The van der Waals surface area contributed by atoms with Crippen LogP contribution in [0.25, 0.3) is 11.4 Å². The summed E-state index contributed by atoms with van der Waals surface area (Å²) in [6.45, 7) is 2.04. The van der Waals surface area contributed by atoms with E-state index in [1.807, 2.05) is 21.6 Å². The predicted molar refractivity (Wildman–Crippen MR) is 130 cm³/mol. The summed E-state index contributed by atoms with van der Waals surface area (Å²) in [7, 11) is 4.64. The number of aryl methyl sites for hydroxylation is 1. The number of hydrogen-bond acceptors (Lipinski definition) is 8. The third kappa shape index (κ3) is 4.55. The van der Waals surface area contributed by atoms with Gasteiger partial charge in [-0.1, -0.05) is 11.2 Å². The third-order valence-corrected chi connectivity index (χ3v) is 7.00. The first kappa shape index (κ1) is 23.9. The minimum Gasteiger partial charge on any atom is -0.493 e. The van der Waals surface area contributed by atoms with E-state index in [-0.39, 0.29) is 17.4 Å². The van der Waals surface area contributed by atoms with Crippen LogP contribution in [0.3, 0.4) is 0 Å². The zero-order valence-corrected chi connectivity index (χ0v) is 20.7. The van der Waals surface area contributed by atoms with Gasteiger partial charge in [0, 0.05) is 55.7 Å². The molecule has 2 atom stereocenters. The van der Waals surface area contributed by atoms with Gasteiger partial charge in [-0.25, -0.2) is 0 Å². The number of methoxy groups -OCH3 is 3. The van der Waals surface area contributed by atoms with Gasteiger partial charge in [-0.2, -0.15) is 4.98 Å². The number of rotatable bonds is 8. The minimum atomic E-state index is 0.0485. The highest BCUT2D eigenvalue weighted by atomic mass is 16.5. The Morgan fingerprint density at radius 1 is 1.08 bits per heavy atom. The Balaban J connectivity index is 1.19. The fourth-order valence-electron chi connectivity index (χ4n) is 5.33. The van der Waals surface area contributed by atoms with Gasteiger partial charge in [0.25, 0.3) is 5.56 Å². The van der Waals surface area contributed by atoms with E-state index < -0.39 is 0 Å². The lowest BCUT2D eigenvalue weighted by molar-refractivity contribution is -0.134. The molecule has 0 unspecified atom stereocenters. The van der Waals surface area contributed by atoms with Crippen molar-refractivity contribution < 1.29 is 23.5 Å². The summed E-state index contributed by atoms with van der Waals surface area (Å²) in [5.74, 6) is 3.03. The van der Waals surface area contributed by atoms with Gasteiger partial charge in [0.1, 0.15) is 0 Å². The molecule has 2 bridgehead atoms. The van der Waals surface area contributed by atoms with Crippen LogP contribution in [0.1, 0.15) is 36.8 Å². The van der Waals surface area contributed by atoms with Crippen LogP contribution >= 0.6 is 0 Å². The smallest absolute Gasteiger partial charge is 0.250 e. The number of carbonyl (C=O) groups is 1. The minimum absolute atomic E-state index is 0.0485. The number of benzene rings is 1. The molecule has 0 radical (unpaired) electrons. The second-order valence-electron chi connectivity index (χ2n) is 9.28. The second-order valence-corrected chi connectivity index (χ2v) is 9.28. The van der Waals surface area contributed by atoms with Gasteiger partial charge < -0.3 is 28.2 Å². The van der Waals surface area contributed by atoms with E-state index in [1.54, 1.807) is 39.5 Å². The van der Waals surface area contributed by atoms with Crippen molar-refractivity contribution in [3.63, 3.8) is 0 Å². The number of fused-ring (bicyclic) bond motifs is 4. The first-order chi connectivity index (χ1) is 17.5. The average Bonchev–Trinajstić information content (AvgIpc) is 3.37. The highest BCUT2D eigenvalue weighted by Gasteiger charge is 2.36. The number of carbonyl (C=O) groups excluding carboxylic acids is 1. The van der Waals surface area contributed by atoms with E-state index in [0.717, 1.165) is 12.1 Å². The molecule has 0 N–H and O–H groups in total. The molecule has 1 aromatic carbocycles. The molecule has 190 valence electrons. The molecule has 10 nitrogen and oxygen atoms in total. The van der Waals surface area contributed by atoms with Crippen molar-refractivity contribution in [3.8, 4) is 28.6 Å². The van der Waals surface area contributed by atoms with Crippen molar-refractivity contribution in [2.24, 2.45) is 5.92 Å². The Bertz CT molecular complexity index is 1290. The van der Waals surface area contributed by atoms with Crippen molar-refractivity contribution in [2.75, 3.05) is 34.4 Å². The Labute approximate surface area is 208 Å². The van der Waals surface area contributed by atoms with Crippen molar-refractivity contribution in [3.05, 3.63) is 52.3 Å². The number of piperidine rings is 1. The molecule has 3 aromatic rings. The zero-order chi connectivity index (χ0) is 25.2. The van der Waals surface area contributed by atoms with Crippen LogP contribution in [-0.4, -0.2) is 59.9 Å². The fourth-order valence-corrected chi connectivity index (χ4v) is 5.33. The summed E-state index contributed by atoms with van der Waals surface area (Å²) >= 11 is 0. The van der Waals surface area contributed by atoms with E-state index in [4.69, 9.17) is 18.7 Å². The van der Waals surface area contributed by atoms with Crippen LogP contribution < -0.4 is 19.8 Å². The van der Waals surface area contributed by atoms with Crippen LogP contribution in [0.5, 0.6) is 17.2 Å². The Morgan fingerprint density at radius 2 is 1.86 bits per heavy atom. The maximum absolute atomic E-state index is 13.0. The number of hydrogen-bond donors (Lipinski definition) is 0. The summed E-state index contributed by atoms with van der Waals surface area (Å²) in [5, 5.41) is 4.09. The molecule has 5 rings (SSSR count). The van der Waals surface area contributed by atoms with Gasteiger partial charge in [0.15, 0.2) is 11.5 Å². The number of pyridine rings is 1. The quantitative estimate of drug-likeness (QED) is 0.470. The highest BCUT2D eigenvalue weighted by Crippen LogP contribution is 2.40. The summed E-state index contributed by atoms with van der Waals surface area (Å²) < 4.78 is 23.5. The number of likely N-dealkylation sites (tertiary alicyclic amines) is 1. The Hall–Kier alpha value is -3.82. The first-order valence-corrected chi connectivity index (χ1v) is 12.1. The molecule has 1 saturated heterocycles. The Morgan fingerprint density at radius 3 is 2.58 bits per heavy atom. The maximum atomic E-state index is 13.0. The summed E-state index contributed by atoms with van der Waals surface area (Å²) in [5.41, 5.74) is 1.77. The molecular weight excluding hydrogens is 464 g/mol. The van der Waals surface area contributed by atoms with Crippen molar-refractivity contribution in [1.82, 2.24) is 19.6 Å². The molecule has 4 heterocycles. The number of nitrogens with zero attached hydrogens (tertiary/aromatic N) is 4. The normalized spacial score (nSPS) is 18.5. The van der Waals surface area contributed by atoms with Crippen LogP contribution in [0.4, 0.5) is 0 Å². The highest BCUT2D eigenvalue weighted by molar-refractivity contribution is 5.76. The van der Waals surface area contributed by atoms with Crippen molar-refractivity contribution in [1.29, 1.82) is 0 Å². The van der Waals surface area contributed by atoms with Crippen LogP contribution in [0.2, 0.25) is 0 Å². The van der Waals surface area contributed by atoms with Crippen LogP contribution in [0, 0.1) is 5.92 Å². The molecule has 1 amide bonds. The summed E-state index contributed by atoms with van der Waals surface area (Å²) in [6.07, 6.45) is 2.54. The van der Waals surface area contributed by atoms with Crippen molar-refractivity contribution >= 4 is 5.91 Å². The van der Waals surface area contributed by atoms with E-state index in [0.29, 0.717) is 79.3 Å². The van der Waals surface area contributed by atoms with Gasteiger partial charge in [0.05, 0.1) is 21.3 Å². The molecular formula is C26H30N4O6. The molecule has 0 aliphatic carbocycles. The maximum Gasteiger partial charge on any atom is 0.250 e. The monoisotopic (exact) mass is 494 g/mol. The predicted octanol–water partition coefficient (Wildman–Crippen LogP) is 2.89. The summed E-state index contributed by atoms with van der Waals surface area (Å²) in [6, 6.07) is 8.96. The largest absolute Gasteiger partial charge is 0.493 e. The molecule has 36 heavy (non-hydrogen) atoms. The molecule has 0 saturated carbocycles. The molecule has 2 aliphatic heterocycles. The molecule has 10 heteroatoms. The second kappa shape index (κ2) is 10.0. The van der Waals surface area contributed by atoms with E-state index in [1.165, 1.54) is 0 Å². The number of ether oxygens (including phenoxy) is 3. The van der Waals surface area contributed by atoms with E-state index in [2.05, 4.69) is 10.1 Å². The molecule has 2 aromatic heterocycles. The van der Waals surface area contributed by atoms with Gasteiger partial charge in [-0.3, -0.25) is 9.59 Å². The zero-order valence-electron chi connectivity index (χ0n) is 20.7. The lowest BCUT2D eigenvalue weighted by Crippen LogP contribution is -2.49. The number of aromatic nitrogens is 3. The first-order valence-electron chi connectivity index (χ1n) is 12.1. The molecule has 2 aliphatic rings.